The summed E-state index contributed by atoms with van der Waals surface area (Å²) >= 11 is 0. The molecule has 19 heavy (non-hydrogen) atoms. The van der Waals surface area contributed by atoms with E-state index in [1.807, 2.05) is 0 Å². The highest BCUT2D eigenvalue weighted by Gasteiger charge is 2.28. The van der Waals surface area contributed by atoms with Gasteiger partial charge >= 0.3 is 12.3 Å². The standard InChI is InChI=1S/C7H12F3N.C5H11NO2/c8-7(9,10)5-11-6-3-1-2-4-6;1-5(2,3)8-4(6)7/h6,11H,1-5H2;1-3H3,(H2,6,7). The summed E-state index contributed by atoms with van der Waals surface area (Å²) in [6.07, 6.45) is -0.850. The molecule has 0 atom stereocenters. The fraction of sp³-hybridized carbons (Fsp3) is 0.917. The lowest BCUT2D eigenvalue weighted by atomic mass is 10.2. The van der Waals surface area contributed by atoms with E-state index < -0.39 is 24.4 Å². The molecule has 1 aliphatic carbocycles. The van der Waals surface area contributed by atoms with Crippen LogP contribution in [0, 0.1) is 0 Å². The number of hydrogen-bond acceptors (Lipinski definition) is 3. The van der Waals surface area contributed by atoms with Gasteiger partial charge in [-0.25, -0.2) is 4.79 Å². The first-order valence-electron chi connectivity index (χ1n) is 6.28. The van der Waals surface area contributed by atoms with Crippen molar-refractivity contribution >= 4 is 6.09 Å². The van der Waals surface area contributed by atoms with Crippen molar-refractivity contribution in [1.29, 1.82) is 0 Å². The molecule has 0 heterocycles. The molecular formula is C12H23F3N2O2. The molecule has 0 unspecified atom stereocenters. The monoisotopic (exact) mass is 284 g/mol. The summed E-state index contributed by atoms with van der Waals surface area (Å²) in [5.41, 5.74) is 4.26. The van der Waals surface area contributed by atoms with Crippen LogP contribution in [0.25, 0.3) is 0 Å². The quantitative estimate of drug-likeness (QED) is 0.819. The third-order valence-corrected chi connectivity index (χ3v) is 2.35. The van der Waals surface area contributed by atoms with Crippen LogP contribution in [0.1, 0.15) is 46.5 Å². The summed E-state index contributed by atoms with van der Waals surface area (Å²) < 4.78 is 39.5. The summed E-state index contributed by atoms with van der Waals surface area (Å²) in [4.78, 5) is 10.0. The summed E-state index contributed by atoms with van der Waals surface area (Å²) in [5.74, 6) is 0. The number of rotatable bonds is 2. The van der Waals surface area contributed by atoms with Crippen LogP contribution in [-0.4, -0.2) is 30.5 Å². The van der Waals surface area contributed by atoms with Gasteiger partial charge in [0.25, 0.3) is 0 Å². The molecule has 0 aromatic rings. The first kappa shape index (κ1) is 18.0. The van der Waals surface area contributed by atoms with Crippen molar-refractivity contribution in [3.8, 4) is 0 Å². The molecule has 114 valence electrons. The van der Waals surface area contributed by atoms with E-state index in [-0.39, 0.29) is 6.04 Å². The molecule has 0 bridgehead atoms. The van der Waals surface area contributed by atoms with Gasteiger partial charge in [-0.3, -0.25) is 0 Å². The van der Waals surface area contributed by atoms with Crippen LogP contribution in [0.3, 0.4) is 0 Å². The minimum atomic E-state index is -4.05. The third-order valence-electron chi connectivity index (χ3n) is 2.35. The molecule has 0 saturated heterocycles. The molecule has 3 N–H and O–H groups in total. The molecular weight excluding hydrogens is 261 g/mol. The van der Waals surface area contributed by atoms with E-state index in [1.54, 1.807) is 20.8 Å². The number of ether oxygens (including phenoxy) is 1. The van der Waals surface area contributed by atoms with Crippen LogP contribution in [0.4, 0.5) is 18.0 Å². The summed E-state index contributed by atoms with van der Waals surface area (Å²) in [7, 11) is 0. The van der Waals surface area contributed by atoms with Crippen LogP contribution in [0.2, 0.25) is 0 Å². The SMILES string of the molecule is CC(C)(C)OC(N)=O.FC(F)(F)CNC1CCCC1. The van der Waals surface area contributed by atoms with Gasteiger partial charge in [0.1, 0.15) is 5.60 Å². The Balaban J connectivity index is 0.000000362. The Labute approximate surface area is 111 Å². The molecule has 0 spiro atoms. The number of carbonyl (C=O) groups excluding carboxylic acids is 1. The first-order chi connectivity index (χ1) is 8.49. The van der Waals surface area contributed by atoms with Crippen LogP contribution in [-0.2, 0) is 4.74 Å². The number of amides is 1. The van der Waals surface area contributed by atoms with Crippen molar-refractivity contribution in [1.82, 2.24) is 5.32 Å². The van der Waals surface area contributed by atoms with Crippen molar-refractivity contribution in [2.24, 2.45) is 5.73 Å². The molecule has 1 saturated carbocycles. The number of nitrogens with one attached hydrogen (secondary N) is 1. The Morgan fingerprint density at radius 2 is 1.74 bits per heavy atom. The number of halogens is 3. The molecule has 1 aliphatic rings. The Hall–Kier alpha value is -0.980. The van der Waals surface area contributed by atoms with Gasteiger partial charge in [-0.05, 0) is 33.6 Å². The maximum Gasteiger partial charge on any atom is 0.405 e. The van der Waals surface area contributed by atoms with Gasteiger partial charge in [-0.15, -0.1) is 0 Å². The predicted octanol–water partition coefficient (Wildman–Crippen LogP) is 2.96. The Morgan fingerprint density at radius 1 is 1.26 bits per heavy atom. The van der Waals surface area contributed by atoms with E-state index in [1.165, 1.54) is 0 Å². The first-order valence-corrected chi connectivity index (χ1v) is 6.28. The topological polar surface area (TPSA) is 64.3 Å². The average Bonchev–Trinajstić information content (AvgIpc) is 2.62. The Morgan fingerprint density at radius 3 is 2.00 bits per heavy atom. The molecule has 1 amide bonds. The second-order valence-corrected chi connectivity index (χ2v) is 5.51. The second kappa shape index (κ2) is 7.57. The van der Waals surface area contributed by atoms with Crippen molar-refractivity contribution in [3.05, 3.63) is 0 Å². The van der Waals surface area contributed by atoms with Gasteiger partial charge in [-0.1, -0.05) is 12.8 Å². The Bertz CT molecular complexity index is 269. The average molecular weight is 284 g/mol. The minimum absolute atomic E-state index is 0.108. The lowest BCUT2D eigenvalue weighted by Crippen LogP contribution is -2.35. The van der Waals surface area contributed by atoms with Crippen LogP contribution < -0.4 is 11.1 Å². The lowest BCUT2D eigenvalue weighted by molar-refractivity contribution is -0.126. The van der Waals surface area contributed by atoms with Crippen molar-refractivity contribution in [3.63, 3.8) is 0 Å². The number of carbonyl (C=O) groups is 1. The van der Waals surface area contributed by atoms with Crippen molar-refractivity contribution in [2.75, 3.05) is 6.54 Å². The van der Waals surface area contributed by atoms with Gasteiger partial charge in [0.15, 0.2) is 0 Å². The predicted molar refractivity (Wildman–Crippen MR) is 66.7 cm³/mol. The highest BCUT2D eigenvalue weighted by Crippen LogP contribution is 2.19. The maximum absolute atomic E-state index is 11.6. The number of hydrogen-bond donors (Lipinski definition) is 2. The zero-order valence-electron chi connectivity index (χ0n) is 11.6. The molecule has 1 fully saturated rings. The minimum Gasteiger partial charge on any atom is -0.444 e. The summed E-state index contributed by atoms with van der Waals surface area (Å²) in [5, 5.41) is 2.50. The maximum atomic E-state index is 11.6. The fourth-order valence-electron chi connectivity index (χ4n) is 1.69. The summed E-state index contributed by atoms with van der Waals surface area (Å²) in [6.45, 7) is 4.45. The molecule has 0 aromatic carbocycles. The highest BCUT2D eigenvalue weighted by atomic mass is 19.4. The van der Waals surface area contributed by atoms with Gasteiger partial charge in [0, 0.05) is 6.04 Å². The number of primary amides is 1. The van der Waals surface area contributed by atoms with Crippen LogP contribution >= 0.6 is 0 Å². The van der Waals surface area contributed by atoms with E-state index >= 15 is 0 Å². The highest BCUT2D eigenvalue weighted by molar-refractivity contribution is 5.65. The molecule has 4 nitrogen and oxygen atoms in total. The molecule has 1 rings (SSSR count). The van der Waals surface area contributed by atoms with E-state index in [0.717, 1.165) is 25.7 Å². The van der Waals surface area contributed by atoms with E-state index in [9.17, 15) is 18.0 Å². The number of nitrogens with two attached hydrogens (primary N) is 1. The zero-order valence-corrected chi connectivity index (χ0v) is 11.6. The molecule has 0 aromatic heterocycles. The zero-order chi connectivity index (χ0) is 15.1. The van der Waals surface area contributed by atoms with Gasteiger partial charge < -0.3 is 15.8 Å². The van der Waals surface area contributed by atoms with Crippen molar-refractivity contribution < 1.29 is 22.7 Å². The smallest absolute Gasteiger partial charge is 0.405 e. The second-order valence-electron chi connectivity index (χ2n) is 5.51. The molecule has 0 aliphatic heterocycles. The van der Waals surface area contributed by atoms with Crippen molar-refractivity contribution in [2.45, 2.75) is 64.3 Å². The third kappa shape index (κ3) is 13.3. The van der Waals surface area contributed by atoms with Gasteiger partial charge in [-0.2, -0.15) is 13.2 Å². The van der Waals surface area contributed by atoms with E-state index in [4.69, 9.17) is 5.73 Å². The van der Waals surface area contributed by atoms with E-state index in [0.29, 0.717) is 0 Å². The van der Waals surface area contributed by atoms with Crippen LogP contribution in [0.15, 0.2) is 0 Å². The molecule has 0 radical (unpaired) electrons. The van der Waals surface area contributed by atoms with Gasteiger partial charge in [0.05, 0.1) is 6.54 Å². The number of alkyl halides is 3. The van der Waals surface area contributed by atoms with E-state index in [2.05, 4.69) is 10.1 Å². The summed E-state index contributed by atoms with van der Waals surface area (Å²) in [6, 6.07) is 0.108. The Kier molecular flexibility index (Phi) is 7.18. The lowest BCUT2D eigenvalue weighted by Gasteiger charge is -2.16. The normalized spacial score (nSPS) is 16.7. The fourth-order valence-corrected chi connectivity index (χ4v) is 1.69. The van der Waals surface area contributed by atoms with Gasteiger partial charge in [0.2, 0.25) is 0 Å². The molecule has 7 heteroatoms. The largest absolute Gasteiger partial charge is 0.444 e. The van der Waals surface area contributed by atoms with Crippen LogP contribution in [0.5, 0.6) is 0 Å².